The van der Waals surface area contributed by atoms with Gasteiger partial charge in [-0.2, -0.15) is 18.3 Å². The van der Waals surface area contributed by atoms with Crippen molar-refractivity contribution in [2.24, 2.45) is 0 Å². The van der Waals surface area contributed by atoms with Crippen LogP contribution in [0, 0.1) is 13.8 Å². The third-order valence-electron chi connectivity index (χ3n) is 5.53. The molecule has 0 aliphatic heterocycles. The number of hydrogen-bond acceptors (Lipinski definition) is 8. The van der Waals surface area contributed by atoms with Gasteiger partial charge >= 0.3 is 6.18 Å². The molecule has 6 heterocycles. The number of fused-ring (bicyclic) bond motifs is 5. The summed E-state index contributed by atoms with van der Waals surface area (Å²) in [6.07, 6.45) is -1.17. The second kappa shape index (κ2) is 7.06. The molecule has 172 valence electrons. The summed E-state index contributed by atoms with van der Waals surface area (Å²) in [5.74, 6) is 0.846. The minimum atomic E-state index is -4.53. The number of thiophene rings is 1. The van der Waals surface area contributed by atoms with E-state index in [0.717, 1.165) is 35.2 Å². The Morgan fingerprint density at radius 1 is 1.12 bits per heavy atom. The molecule has 0 fully saturated rings. The molecule has 6 aromatic rings. The average molecular weight is 484 g/mol. The quantitative estimate of drug-likeness (QED) is 0.346. The Balaban J connectivity index is 1.49. The second-order valence-corrected chi connectivity index (χ2v) is 8.79. The number of nitrogens with zero attached hydrogens (tertiary/aromatic N) is 8. The van der Waals surface area contributed by atoms with E-state index in [2.05, 4.69) is 30.3 Å². The fourth-order valence-electron chi connectivity index (χ4n) is 3.89. The van der Waals surface area contributed by atoms with Crippen LogP contribution >= 0.6 is 11.3 Å². The van der Waals surface area contributed by atoms with Crippen LogP contribution in [-0.4, -0.2) is 39.5 Å². The number of hydrogen-bond donors (Lipinski definition) is 0. The summed E-state index contributed by atoms with van der Waals surface area (Å²) < 4.78 is 49.1. The van der Waals surface area contributed by atoms with Crippen molar-refractivity contribution < 1.29 is 17.7 Å². The molecule has 0 aliphatic rings. The number of halogens is 3. The summed E-state index contributed by atoms with van der Waals surface area (Å²) in [4.78, 5) is 13.1. The van der Waals surface area contributed by atoms with Crippen molar-refractivity contribution in [3.8, 4) is 22.8 Å². The zero-order valence-corrected chi connectivity index (χ0v) is 18.9. The number of rotatable bonds is 3. The van der Waals surface area contributed by atoms with Gasteiger partial charge in [0.05, 0.1) is 16.8 Å². The number of alkyl halides is 3. The summed E-state index contributed by atoms with van der Waals surface area (Å²) >= 11 is 1.10. The van der Waals surface area contributed by atoms with Crippen molar-refractivity contribution in [2.75, 3.05) is 0 Å². The van der Waals surface area contributed by atoms with E-state index in [4.69, 9.17) is 4.52 Å². The highest BCUT2D eigenvalue weighted by Gasteiger charge is 2.33. The monoisotopic (exact) mass is 484 g/mol. The maximum absolute atomic E-state index is 13.2. The van der Waals surface area contributed by atoms with Crippen LogP contribution in [0.3, 0.4) is 0 Å². The number of pyridine rings is 1. The Bertz CT molecular complexity index is 1730. The van der Waals surface area contributed by atoms with Crippen LogP contribution in [0.5, 0.6) is 0 Å². The third kappa shape index (κ3) is 3.07. The predicted octanol–water partition coefficient (Wildman–Crippen LogP) is 5.06. The molecular weight excluding hydrogens is 469 g/mol. The van der Waals surface area contributed by atoms with Gasteiger partial charge in [-0.25, -0.2) is 19.5 Å². The molecule has 0 unspecified atom stereocenters. The largest absolute Gasteiger partial charge is 0.433 e. The number of aryl methyl sites for hydroxylation is 3. The highest BCUT2D eigenvalue weighted by molar-refractivity contribution is 7.26. The minimum absolute atomic E-state index is 0.250. The van der Waals surface area contributed by atoms with Crippen molar-refractivity contribution in [2.45, 2.75) is 33.5 Å². The molecule has 0 bridgehead atoms. The maximum Gasteiger partial charge on any atom is 0.433 e. The molecule has 0 atom stereocenters. The minimum Gasteiger partial charge on any atom is -0.355 e. The van der Waals surface area contributed by atoms with Crippen molar-refractivity contribution in [3.05, 3.63) is 41.6 Å². The fourth-order valence-corrected chi connectivity index (χ4v) is 5.07. The van der Waals surface area contributed by atoms with Crippen LogP contribution in [0.4, 0.5) is 13.2 Å². The molecular formula is C21H15F3N8OS. The fraction of sp³-hybridized carbons (Fsp3) is 0.238. The van der Waals surface area contributed by atoms with Gasteiger partial charge < -0.3 is 4.52 Å². The molecule has 13 heteroatoms. The first-order valence-corrected chi connectivity index (χ1v) is 11.1. The standard InChI is InChI=1S/C21H15F3N8OS/c1-4-31-7-11(10(3)28-31)13-6-12(30-33-13)18-27-19-17-16(25-8-32(19)29-18)15-9(2)5-14(21(22,23)24)26-20(15)34-17/h5-8H,4H2,1-3H3. The molecule has 0 saturated carbocycles. The van der Waals surface area contributed by atoms with Crippen molar-refractivity contribution in [3.63, 3.8) is 0 Å². The van der Waals surface area contributed by atoms with E-state index < -0.39 is 11.9 Å². The van der Waals surface area contributed by atoms with Gasteiger partial charge in [0, 0.05) is 24.2 Å². The lowest BCUT2D eigenvalue weighted by atomic mass is 10.1. The molecule has 0 N–H and O–H groups in total. The predicted molar refractivity (Wildman–Crippen MR) is 118 cm³/mol. The Kier molecular flexibility index (Phi) is 4.30. The third-order valence-corrected chi connectivity index (χ3v) is 6.60. The van der Waals surface area contributed by atoms with Gasteiger partial charge in [-0.3, -0.25) is 4.68 Å². The van der Waals surface area contributed by atoms with Gasteiger partial charge in [-0.15, -0.1) is 16.4 Å². The highest BCUT2D eigenvalue weighted by atomic mass is 32.1. The highest BCUT2D eigenvalue weighted by Crippen LogP contribution is 2.38. The van der Waals surface area contributed by atoms with Crippen LogP contribution in [0.1, 0.15) is 23.9 Å². The van der Waals surface area contributed by atoms with Gasteiger partial charge in [0.2, 0.25) is 5.82 Å². The van der Waals surface area contributed by atoms with Crippen LogP contribution in [0.25, 0.3) is 48.9 Å². The smallest absolute Gasteiger partial charge is 0.355 e. The van der Waals surface area contributed by atoms with Gasteiger partial charge in [0.25, 0.3) is 0 Å². The van der Waals surface area contributed by atoms with E-state index in [0.29, 0.717) is 44.1 Å². The lowest BCUT2D eigenvalue weighted by Gasteiger charge is -2.06. The molecule has 0 aromatic carbocycles. The molecule has 0 spiro atoms. The Morgan fingerprint density at radius 3 is 2.68 bits per heavy atom. The zero-order valence-electron chi connectivity index (χ0n) is 18.0. The van der Waals surface area contributed by atoms with Crippen molar-refractivity contribution in [1.82, 2.24) is 39.5 Å². The van der Waals surface area contributed by atoms with Crippen LogP contribution in [0.2, 0.25) is 0 Å². The summed E-state index contributed by atoms with van der Waals surface area (Å²) in [7, 11) is 0. The van der Waals surface area contributed by atoms with Gasteiger partial charge in [0.1, 0.15) is 21.6 Å². The average Bonchev–Trinajstić information content (AvgIpc) is 3.55. The van der Waals surface area contributed by atoms with E-state index in [1.165, 1.54) is 10.8 Å². The van der Waals surface area contributed by atoms with E-state index in [9.17, 15) is 13.2 Å². The first-order chi connectivity index (χ1) is 16.2. The van der Waals surface area contributed by atoms with E-state index in [1.54, 1.807) is 17.7 Å². The SMILES string of the molecule is CCn1cc(-c2cc(-c3nc4c5sc6nc(C(F)(F)F)cc(C)c6c5ncn4n3)no2)c(C)n1. The number of aromatic nitrogens is 8. The van der Waals surface area contributed by atoms with E-state index in [-0.39, 0.29) is 4.83 Å². The summed E-state index contributed by atoms with van der Waals surface area (Å²) in [6.45, 7) is 6.22. The molecule has 34 heavy (non-hydrogen) atoms. The van der Waals surface area contributed by atoms with E-state index >= 15 is 0 Å². The lowest BCUT2D eigenvalue weighted by molar-refractivity contribution is -0.141. The molecule has 0 saturated heterocycles. The zero-order chi connectivity index (χ0) is 23.8. The van der Waals surface area contributed by atoms with Gasteiger partial charge in [0.15, 0.2) is 17.1 Å². The Hall–Kier alpha value is -3.87. The Morgan fingerprint density at radius 2 is 1.94 bits per heavy atom. The summed E-state index contributed by atoms with van der Waals surface area (Å²) in [5.41, 5.74) is 2.56. The first-order valence-electron chi connectivity index (χ1n) is 10.3. The van der Waals surface area contributed by atoms with Crippen LogP contribution < -0.4 is 0 Å². The Labute approximate surface area is 192 Å². The maximum atomic E-state index is 13.2. The van der Waals surface area contributed by atoms with Crippen LogP contribution in [-0.2, 0) is 12.7 Å². The van der Waals surface area contributed by atoms with Gasteiger partial charge in [-0.1, -0.05) is 5.16 Å². The normalized spacial score (nSPS) is 12.5. The van der Waals surface area contributed by atoms with Crippen molar-refractivity contribution in [1.29, 1.82) is 0 Å². The topological polar surface area (TPSA) is 99.8 Å². The van der Waals surface area contributed by atoms with E-state index in [1.807, 2.05) is 20.0 Å². The summed E-state index contributed by atoms with van der Waals surface area (Å²) in [6, 6.07) is 2.77. The molecule has 0 aliphatic carbocycles. The first kappa shape index (κ1) is 20.7. The second-order valence-electron chi connectivity index (χ2n) is 7.79. The van der Waals surface area contributed by atoms with Gasteiger partial charge in [-0.05, 0) is 32.4 Å². The molecule has 6 aromatic heterocycles. The molecule has 0 radical (unpaired) electrons. The molecule has 0 amide bonds. The molecule has 6 rings (SSSR count). The lowest BCUT2D eigenvalue weighted by Crippen LogP contribution is -2.07. The van der Waals surface area contributed by atoms with Crippen LogP contribution in [0.15, 0.2) is 29.2 Å². The summed E-state index contributed by atoms with van der Waals surface area (Å²) in [5, 5.41) is 13.5. The van der Waals surface area contributed by atoms with Crippen molar-refractivity contribution >= 4 is 37.4 Å². The molecule has 9 nitrogen and oxygen atoms in total.